The first-order chi connectivity index (χ1) is 17.9. The Balaban J connectivity index is 2.36. The van der Waals surface area contributed by atoms with E-state index in [2.05, 4.69) is 17.2 Å². The summed E-state index contributed by atoms with van der Waals surface area (Å²) in [7, 11) is 1.69. The number of thiocarbonyl (C=S) groups is 1. The van der Waals surface area contributed by atoms with Crippen molar-refractivity contribution in [1.82, 2.24) is 20.0 Å². The SMILES string of the molecule is C=C1CN(CC(=O)O)C(Cc2ccc(NC(=S)NC)cc2)CN(CN(CC(=O)O)CC(=O)O)CC(=O)OO1. The van der Waals surface area contributed by atoms with E-state index >= 15 is 0 Å². The van der Waals surface area contributed by atoms with E-state index < -0.39 is 49.6 Å². The molecule has 1 unspecified atom stereocenters. The first-order valence-corrected chi connectivity index (χ1v) is 11.8. The second-order valence-corrected chi connectivity index (χ2v) is 8.97. The van der Waals surface area contributed by atoms with E-state index in [0.29, 0.717) is 11.5 Å². The Kier molecular flexibility index (Phi) is 11.9. The lowest BCUT2D eigenvalue weighted by molar-refractivity contribution is -0.251. The van der Waals surface area contributed by atoms with Crippen molar-refractivity contribution in [2.45, 2.75) is 12.5 Å². The molecule has 38 heavy (non-hydrogen) atoms. The summed E-state index contributed by atoms with van der Waals surface area (Å²) in [5.41, 5.74) is 1.58. The molecule has 0 aliphatic carbocycles. The van der Waals surface area contributed by atoms with Crippen molar-refractivity contribution in [1.29, 1.82) is 0 Å². The van der Waals surface area contributed by atoms with Crippen molar-refractivity contribution in [2.75, 3.05) is 58.3 Å². The van der Waals surface area contributed by atoms with Gasteiger partial charge in [0.25, 0.3) is 0 Å². The Hall–Kier alpha value is -3.79. The summed E-state index contributed by atoms with van der Waals surface area (Å²) in [6.07, 6.45) is 0.334. The van der Waals surface area contributed by atoms with Crippen molar-refractivity contribution in [2.24, 2.45) is 0 Å². The standard InChI is InChI=1S/C23H31N5O9S/c1-15-8-28(12-21(33)34)18(7-16-3-5-17(6-4-16)25-23(38)24-2)9-26(13-22(35)37-36-15)14-27(10-19(29)30)11-20(31)32/h3-6,18H,1,7-14H2,2H3,(H,29,30)(H,31,32)(H,33,34)(H2,24,25,38). The Morgan fingerprint density at radius 1 is 1.08 bits per heavy atom. The second kappa shape index (κ2) is 14.8. The van der Waals surface area contributed by atoms with Crippen LogP contribution in [0, 0.1) is 0 Å². The number of carbonyl (C=O) groups is 4. The number of nitrogens with one attached hydrogen (secondary N) is 2. The predicted octanol–water partition coefficient (Wildman–Crippen LogP) is -0.367. The molecule has 2 rings (SSSR count). The molecule has 5 N–H and O–H groups in total. The number of rotatable bonds is 11. The minimum absolute atomic E-state index is 0.0246. The van der Waals surface area contributed by atoms with Gasteiger partial charge in [-0.05, 0) is 36.3 Å². The molecular formula is C23H31N5O9S. The maximum absolute atomic E-state index is 12.3. The number of carboxylic acid groups (broad SMARTS) is 3. The third-order valence-corrected chi connectivity index (χ3v) is 5.64. The first kappa shape index (κ1) is 30.4. The number of benzene rings is 1. The highest BCUT2D eigenvalue weighted by molar-refractivity contribution is 7.80. The van der Waals surface area contributed by atoms with E-state index in [1.807, 2.05) is 12.1 Å². The van der Waals surface area contributed by atoms with Crippen LogP contribution in [0.3, 0.4) is 0 Å². The molecule has 15 heteroatoms. The Labute approximate surface area is 224 Å². The van der Waals surface area contributed by atoms with Crippen molar-refractivity contribution in [3.63, 3.8) is 0 Å². The Morgan fingerprint density at radius 3 is 2.26 bits per heavy atom. The molecule has 1 aromatic carbocycles. The van der Waals surface area contributed by atoms with E-state index in [1.54, 1.807) is 24.1 Å². The summed E-state index contributed by atoms with van der Waals surface area (Å²) < 4.78 is 0. The first-order valence-electron chi connectivity index (χ1n) is 11.4. The molecule has 0 aromatic heterocycles. The van der Waals surface area contributed by atoms with Crippen molar-refractivity contribution in [3.05, 3.63) is 42.2 Å². The number of carboxylic acids is 3. The number of anilines is 1. The molecule has 0 bridgehead atoms. The molecule has 0 spiro atoms. The maximum Gasteiger partial charge on any atom is 0.369 e. The fraction of sp³-hybridized carbons (Fsp3) is 0.435. The van der Waals surface area contributed by atoms with Gasteiger partial charge in [0, 0.05) is 25.3 Å². The number of hydrogen-bond acceptors (Lipinski definition) is 10. The van der Waals surface area contributed by atoms with Crippen LogP contribution in [-0.2, 0) is 35.4 Å². The van der Waals surface area contributed by atoms with Crippen LogP contribution in [0.5, 0.6) is 0 Å². The van der Waals surface area contributed by atoms with Gasteiger partial charge in [-0.1, -0.05) is 18.7 Å². The quantitative estimate of drug-likeness (QED) is 0.177. The molecule has 1 heterocycles. The second-order valence-electron chi connectivity index (χ2n) is 8.56. The van der Waals surface area contributed by atoms with E-state index in [1.165, 1.54) is 4.90 Å². The van der Waals surface area contributed by atoms with Gasteiger partial charge >= 0.3 is 23.9 Å². The average molecular weight is 554 g/mol. The molecule has 1 aliphatic rings. The van der Waals surface area contributed by atoms with Crippen LogP contribution in [0.2, 0.25) is 0 Å². The smallest absolute Gasteiger partial charge is 0.369 e. The fourth-order valence-corrected chi connectivity index (χ4v) is 3.96. The van der Waals surface area contributed by atoms with Crippen molar-refractivity contribution < 1.29 is 44.3 Å². The number of aliphatic carboxylic acids is 3. The summed E-state index contributed by atoms with van der Waals surface area (Å²) in [6, 6.07) is 6.76. The maximum atomic E-state index is 12.3. The van der Waals surface area contributed by atoms with Gasteiger partial charge in [-0.15, -0.1) is 0 Å². The average Bonchev–Trinajstić information content (AvgIpc) is 2.81. The van der Waals surface area contributed by atoms with Gasteiger partial charge < -0.3 is 26.0 Å². The van der Waals surface area contributed by atoms with Crippen molar-refractivity contribution in [3.8, 4) is 0 Å². The van der Waals surface area contributed by atoms with E-state index in [0.717, 1.165) is 16.2 Å². The van der Waals surface area contributed by atoms with Crippen LogP contribution in [-0.4, -0.2) is 118 Å². The highest BCUT2D eigenvalue weighted by Gasteiger charge is 2.29. The van der Waals surface area contributed by atoms with E-state index in [4.69, 9.17) is 22.0 Å². The molecule has 0 radical (unpaired) electrons. The third-order valence-electron chi connectivity index (χ3n) is 5.34. The molecule has 1 saturated heterocycles. The van der Waals surface area contributed by atoms with Gasteiger partial charge in [0.15, 0.2) is 10.9 Å². The summed E-state index contributed by atoms with van der Waals surface area (Å²) in [5, 5.41) is 34.2. The minimum Gasteiger partial charge on any atom is -0.480 e. The van der Waals surface area contributed by atoms with Crippen LogP contribution >= 0.6 is 12.2 Å². The van der Waals surface area contributed by atoms with Gasteiger partial charge in [0.2, 0.25) is 0 Å². The molecule has 208 valence electrons. The summed E-state index contributed by atoms with van der Waals surface area (Å²) in [5.74, 6) is -4.38. The summed E-state index contributed by atoms with van der Waals surface area (Å²) in [4.78, 5) is 60.5. The Bertz CT molecular complexity index is 1020. The van der Waals surface area contributed by atoms with Crippen LogP contribution in [0.4, 0.5) is 5.69 Å². The van der Waals surface area contributed by atoms with Gasteiger partial charge in [0.1, 0.15) is 6.54 Å². The molecular weight excluding hydrogens is 522 g/mol. The van der Waals surface area contributed by atoms with Crippen LogP contribution in [0.25, 0.3) is 0 Å². The minimum atomic E-state index is -1.25. The number of carbonyl (C=O) groups excluding carboxylic acids is 1. The van der Waals surface area contributed by atoms with Gasteiger partial charge in [-0.3, -0.25) is 34.0 Å². The molecule has 14 nitrogen and oxygen atoms in total. The molecule has 1 fully saturated rings. The summed E-state index contributed by atoms with van der Waals surface area (Å²) >= 11 is 5.10. The Morgan fingerprint density at radius 2 is 1.71 bits per heavy atom. The normalized spacial score (nSPS) is 17.3. The van der Waals surface area contributed by atoms with Crippen LogP contribution in [0.1, 0.15) is 5.56 Å². The predicted molar refractivity (Wildman–Crippen MR) is 138 cm³/mol. The fourth-order valence-electron chi connectivity index (χ4n) is 3.85. The lowest BCUT2D eigenvalue weighted by Crippen LogP contribution is -2.53. The molecule has 1 atom stereocenters. The lowest BCUT2D eigenvalue weighted by atomic mass is 10.0. The van der Waals surface area contributed by atoms with E-state index in [9.17, 15) is 34.5 Å². The monoisotopic (exact) mass is 553 g/mol. The topological polar surface area (TPSA) is 181 Å². The van der Waals surface area contributed by atoms with Gasteiger partial charge in [0.05, 0.1) is 32.8 Å². The summed E-state index contributed by atoms with van der Waals surface area (Å²) in [6.45, 7) is 1.56. The highest BCUT2D eigenvalue weighted by Crippen LogP contribution is 2.17. The molecule has 0 amide bonds. The molecule has 1 aromatic rings. The number of hydrogen-bond donors (Lipinski definition) is 5. The largest absolute Gasteiger partial charge is 0.480 e. The zero-order chi connectivity index (χ0) is 28.2. The molecule has 1 aliphatic heterocycles. The zero-order valence-electron chi connectivity index (χ0n) is 20.8. The highest BCUT2D eigenvalue weighted by atomic mass is 32.1. The lowest BCUT2D eigenvalue weighted by Gasteiger charge is -2.37. The van der Waals surface area contributed by atoms with Crippen LogP contribution < -0.4 is 10.6 Å². The third kappa shape index (κ3) is 11.1. The zero-order valence-corrected chi connectivity index (χ0v) is 21.6. The van der Waals surface area contributed by atoms with Gasteiger partial charge in [-0.25, -0.2) is 9.68 Å². The molecule has 0 saturated carbocycles. The van der Waals surface area contributed by atoms with Gasteiger partial charge in [-0.2, -0.15) is 0 Å². The van der Waals surface area contributed by atoms with Crippen LogP contribution in [0.15, 0.2) is 36.6 Å². The van der Waals surface area contributed by atoms with Crippen molar-refractivity contribution >= 4 is 46.9 Å². The number of nitrogens with zero attached hydrogens (tertiary/aromatic N) is 3. The van der Waals surface area contributed by atoms with E-state index in [-0.39, 0.29) is 32.1 Å².